The highest BCUT2D eigenvalue weighted by atomic mass is 16.3. The van der Waals surface area contributed by atoms with Crippen molar-refractivity contribution in [3.8, 4) is 22.4 Å². The molecule has 2 aliphatic rings. The summed E-state index contributed by atoms with van der Waals surface area (Å²) in [6, 6.07) is 23.5. The van der Waals surface area contributed by atoms with E-state index >= 15 is 0 Å². The first-order chi connectivity index (χ1) is 21.0. The maximum absolute atomic E-state index is 12.9. The molecule has 2 aromatic carbocycles. The highest BCUT2D eigenvalue weighted by Crippen LogP contribution is 2.34. The fourth-order valence-electron chi connectivity index (χ4n) is 6.63. The third-order valence-electron chi connectivity index (χ3n) is 9.10. The number of aliphatic hydroxyl groups excluding tert-OH is 1. The van der Waals surface area contributed by atoms with Gasteiger partial charge in [-0.1, -0.05) is 54.6 Å². The number of likely N-dealkylation sites (tertiary alicyclic amines) is 1. The molecule has 1 saturated heterocycles. The number of nitrogens with one attached hydrogen (secondary N) is 1. The molecule has 8 nitrogen and oxygen atoms in total. The zero-order valence-electron chi connectivity index (χ0n) is 24.6. The lowest BCUT2D eigenvalue weighted by molar-refractivity contribution is -0.127. The number of pyridine rings is 1. The van der Waals surface area contributed by atoms with Crippen LogP contribution in [0.4, 0.5) is 0 Å². The van der Waals surface area contributed by atoms with Crippen LogP contribution in [0.5, 0.6) is 0 Å². The van der Waals surface area contributed by atoms with Crippen LogP contribution in [0.15, 0.2) is 72.9 Å². The predicted molar refractivity (Wildman–Crippen MR) is 168 cm³/mol. The van der Waals surface area contributed by atoms with Crippen molar-refractivity contribution in [3.05, 3.63) is 84.2 Å². The maximum Gasteiger partial charge on any atom is 0.223 e. The van der Waals surface area contributed by atoms with Gasteiger partial charge in [0.2, 0.25) is 5.91 Å². The number of rotatable bonds is 6. The minimum atomic E-state index is -0.199. The van der Waals surface area contributed by atoms with Crippen LogP contribution in [-0.2, 0) is 11.3 Å². The summed E-state index contributed by atoms with van der Waals surface area (Å²) in [7, 11) is 0. The van der Waals surface area contributed by atoms with Crippen LogP contribution in [0.2, 0.25) is 0 Å². The van der Waals surface area contributed by atoms with Crippen LogP contribution in [0.25, 0.3) is 39.1 Å². The zero-order valence-corrected chi connectivity index (χ0v) is 24.6. The van der Waals surface area contributed by atoms with Gasteiger partial charge in [0.15, 0.2) is 11.3 Å². The third kappa shape index (κ3) is 5.90. The average molecular weight is 575 g/mol. The Balaban J connectivity index is 1.07. The predicted octanol–water partition coefficient (Wildman–Crippen LogP) is 5.55. The van der Waals surface area contributed by atoms with Crippen molar-refractivity contribution < 1.29 is 9.90 Å². The summed E-state index contributed by atoms with van der Waals surface area (Å²) in [5.74, 6) is 0.280. The number of aliphatic hydroxyl groups is 1. The summed E-state index contributed by atoms with van der Waals surface area (Å²) in [4.78, 5) is 25.1. The fraction of sp³-hybridized carbons (Fsp3) is 0.371. The van der Waals surface area contributed by atoms with E-state index in [4.69, 9.17) is 4.98 Å². The van der Waals surface area contributed by atoms with Crippen molar-refractivity contribution in [2.24, 2.45) is 5.92 Å². The molecule has 220 valence electrons. The molecule has 43 heavy (non-hydrogen) atoms. The second kappa shape index (κ2) is 11.9. The lowest BCUT2D eigenvalue weighted by Gasteiger charge is -2.33. The molecule has 2 fully saturated rings. The Morgan fingerprint density at radius 2 is 1.67 bits per heavy atom. The minimum Gasteiger partial charge on any atom is -0.393 e. The van der Waals surface area contributed by atoms with Gasteiger partial charge < -0.3 is 10.4 Å². The number of piperidine rings is 1. The summed E-state index contributed by atoms with van der Waals surface area (Å²) >= 11 is 0. The van der Waals surface area contributed by atoms with Gasteiger partial charge in [-0.15, -0.1) is 0 Å². The van der Waals surface area contributed by atoms with Crippen LogP contribution in [0.3, 0.4) is 0 Å². The second-order valence-electron chi connectivity index (χ2n) is 12.2. The Labute approximate surface area is 251 Å². The van der Waals surface area contributed by atoms with Gasteiger partial charge in [0.25, 0.3) is 0 Å². The standard InChI is InChI=1S/C35H38N6O2/c1-23-19-32-36-21-28-20-31(25-5-3-2-4-6-25)33(38-34(28)41(32)39-23)26-9-7-24(8-10-26)22-40-17-15-27(16-18-40)35(43)37-29-11-13-30(42)14-12-29/h2-10,19-21,27,29-30,42H,11-18,22H2,1H3,(H,37,43). The molecule has 1 aliphatic heterocycles. The average Bonchev–Trinajstić information content (AvgIpc) is 3.43. The lowest BCUT2D eigenvalue weighted by atomic mass is 9.91. The number of amides is 1. The number of nitrogens with zero attached hydrogens (tertiary/aromatic N) is 5. The SMILES string of the molecule is Cc1cc2ncc3cc(-c4ccccc4)c(-c4ccc(CN5CCC(C(=O)NC6CCC(O)CC6)CC5)cc4)nc3n2n1. The number of hydrogen-bond acceptors (Lipinski definition) is 6. The highest BCUT2D eigenvalue weighted by molar-refractivity contribution is 5.90. The molecule has 2 N–H and O–H groups in total. The van der Waals surface area contributed by atoms with Gasteiger partial charge in [-0.25, -0.2) is 9.97 Å². The lowest BCUT2D eigenvalue weighted by Crippen LogP contribution is -2.45. The number of aryl methyl sites for hydroxylation is 1. The highest BCUT2D eigenvalue weighted by Gasteiger charge is 2.28. The summed E-state index contributed by atoms with van der Waals surface area (Å²) in [5.41, 5.74) is 7.91. The molecular weight excluding hydrogens is 536 g/mol. The van der Waals surface area contributed by atoms with Crippen LogP contribution >= 0.6 is 0 Å². The van der Waals surface area contributed by atoms with E-state index in [1.807, 2.05) is 29.8 Å². The Bertz CT molecular complexity index is 1730. The first kappa shape index (κ1) is 27.7. The monoisotopic (exact) mass is 574 g/mol. The van der Waals surface area contributed by atoms with E-state index in [0.29, 0.717) is 0 Å². The van der Waals surface area contributed by atoms with E-state index < -0.39 is 0 Å². The van der Waals surface area contributed by atoms with E-state index in [-0.39, 0.29) is 24.0 Å². The fourth-order valence-corrected chi connectivity index (χ4v) is 6.63. The normalized spacial score (nSPS) is 20.0. The molecular formula is C35H38N6O2. The molecule has 1 aliphatic carbocycles. The number of aromatic nitrogens is 4. The number of benzene rings is 2. The van der Waals surface area contributed by atoms with Crippen LogP contribution in [0, 0.1) is 12.8 Å². The maximum atomic E-state index is 12.9. The van der Waals surface area contributed by atoms with E-state index in [0.717, 1.165) is 103 Å². The van der Waals surface area contributed by atoms with Crippen LogP contribution in [-0.4, -0.2) is 60.7 Å². The van der Waals surface area contributed by atoms with Crippen molar-refractivity contribution in [2.45, 2.75) is 64.1 Å². The van der Waals surface area contributed by atoms with Crippen molar-refractivity contribution in [1.29, 1.82) is 0 Å². The smallest absolute Gasteiger partial charge is 0.223 e. The van der Waals surface area contributed by atoms with E-state index in [9.17, 15) is 9.90 Å². The molecule has 0 unspecified atom stereocenters. The van der Waals surface area contributed by atoms with Gasteiger partial charge in [-0.3, -0.25) is 9.69 Å². The van der Waals surface area contributed by atoms with Gasteiger partial charge in [0, 0.05) is 47.3 Å². The second-order valence-corrected chi connectivity index (χ2v) is 12.2. The quantitative estimate of drug-likeness (QED) is 0.276. The number of carbonyl (C=O) groups excluding carboxylic acids is 1. The van der Waals surface area contributed by atoms with Gasteiger partial charge in [0.1, 0.15) is 0 Å². The van der Waals surface area contributed by atoms with Crippen LogP contribution in [0.1, 0.15) is 49.8 Å². The van der Waals surface area contributed by atoms with Crippen molar-refractivity contribution >= 4 is 22.6 Å². The van der Waals surface area contributed by atoms with Gasteiger partial charge >= 0.3 is 0 Å². The number of fused-ring (bicyclic) bond motifs is 3. The molecule has 7 rings (SSSR count). The van der Waals surface area contributed by atoms with Crippen molar-refractivity contribution in [2.75, 3.05) is 13.1 Å². The molecule has 0 atom stereocenters. The Morgan fingerprint density at radius 3 is 2.42 bits per heavy atom. The molecule has 5 aromatic rings. The Hall–Kier alpha value is -4.14. The largest absolute Gasteiger partial charge is 0.393 e. The van der Waals surface area contributed by atoms with Gasteiger partial charge in [-0.2, -0.15) is 9.61 Å². The topological polar surface area (TPSA) is 95.7 Å². The molecule has 0 radical (unpaired) electrons. The van der Waals surface area contributed by atoms with E-state index in [1.165, 1.54) is 5.56 Å². The summed E-state index contributed by atoms with van der Waals surface area (Å²) in [5, 5.41) is 18.6. The molecule has 3 aromatic heterocycles. The zero-order chi connectivity index (χ0) is 29.3. The molecule has 1 amide bonds. The van der Waals surface area contributed by atoms with E-state index in [2.05, 4.69) is 74.9 Å². The molecule has 0 bridgehead atoms. The Morgan fingerprint density at radius 1 is 0.930 bits per heavy atom. The van der Waals surface area contributed by atoms with Crippen molar-refractivity contribution in [1.82, 2.24) is 29.8 Å². The van der Waals surface area contributed by atoms with Crippen LogP contribution < -0.4 is 5.32 Å². The van der Waals surface area contributed by atoms with E-state index in [1.54, 1.807) is 0 Å². The molecule has 0 spiro atoms. The summed E-state index contributed by atoms with van der Waals surface area (Å²) in [6.45, 7) is 4.67. The number of carbonyl (C=O) groups is 1. The summed E-state index contributed by atoms with van der Waals surface area (Å²) in [6.07, 6.45) is 6.80. The first-order valence-corrected chi connectivity index (χ1v) is 15.5. The number of hydrogen-bond donors (Lipinski definition) is 2. The molecule has 8 heteroatoms. The first-order valence-electron chi connectivity index (χ1n) is 15.5. The minimum absolute atomic E-state index is 0.0844. The third-order valence-corrected chi connectivity index (χ3v) is 9.10. The molecule has 1 saturated carbocycles. The van der Waals surface area contributed by atoms with Gasteiger partial charge in [0.05, 0.1) is 17.5 Å². The van der Waals surface area contributed by atoms with Gasteiger partial charge in [-0.05, 0) is 75.7 Å². The van der Waals surface area contributed by atoms with Crippen molar-refractivity contribution in [3.63, 3.8) is 0 Å². The summed E-state index contributed by atoms with van der Waals surface area (Å²) < 4.78 is 1.83. The molecule has 4 heterocycles. The Kier molecular flexibility index (Phi) is 7.63.